The minimum absolute atomic E-state index is 0.288. The van der Waals surface area contributed by atoms with E-state index in [1.54, 1.807) is 0 Å². The molecule has 1 saturated heterocycles. The van der Waals surface area contributed by atoms with Gasteiger partial charge in [-0.05, 0) is 6.42 Å². The van der Waals surface area contributed by atoms with Crippen LogP contribution in [0.2, 0.25) is 6.04 Å². The normalized spacial score (nSPS) is 24.5. The highest BCUT2D eigenvalue weighted by molar-refractivity contribution is 6.60. The average molecular weight is 638 g/mol. The SMILES string of the molecule is COC1(C(F)C(F)(F)C(F)(F)C(F)(F)C(F)(F)C(F)(F)C(F)(F)C(F)C(F)C(F)F)CCC[Si](OC)(OC)O1. The van der Waals surface area contributed by atoms with Crippen molar-refractivity contribution in [3.63, 3.8) is 0 Å². The van der Waals surface area contributed by atoms with E-state index in [4.69, 9.17) is 13.3 Å². The van der Waals surface area contributed by atoms with Gasteiger partial charge in [0.15, 0.2) is 12.0 Å². The van der Waals surface area contributed by atoms with Gasteiger partial charge in [-0.2, -0.15) is 52.7 Å². The summed E-state index contributed by atoms with van der Waals surface area (Å²) in [5, 5.41) is 0. The van der Waals surface area contributed by atoms with E-state index in [9.17, 15) is 74.6 Å². The van der Waals surface area contributed by atoms with E-state index in [0.717, 1.165) is 14.2 Å². The zero-order valence-corrected chi connectivity index (χ0v) is 20.5. The first-order valence-electron chi connectivity index (χ1n) is 10.1. The van der Waals surface area contributed by atoms with Crippen LogP contribution >= 0.6 is 0 Å². The fourth-order valence-corrected chi connectivity index (χ4v) is 5.73. The molecule has 1 heterocycles. The molecule has 234 valence electrons. The van der Waals surface area contributed by atoms with Crippen LogP contribution in [0.3, 0.4) is 0 Å². The minimum Gasteiger partial charge on any atom is -0.377 e. The van der Waals surface area contributed by atoms with Gasteiger partial charge in [0, 0.05) is 33.8 Å². The fraction of sp³-hybridized carbons (Fsp3) is 1.00. The van der Waals surface area contributed by atoms with E-state index in [0.29, 0.717) is 0 Å². The molecule has 0 radical (unpaired) electrons. The molecule has 39 heavy (non-hydrogen) atoms. The quantitative estimate of drug-likeness (QED) is 0.172. The van der Waals surface area contributed by atoms with Crippen LogP contribution < -0.4 is 0 Å². The third-order valence-corrected chi connectivity index (χ3v) is 8.76. The second-order valence-corrected chi connectivity index (χ2v) is 11.0. The third kappa shape index (κ3) is 5.20. The molecule has 4 atom stereocenters. The molecule has 4 unspecified atom stereocenters. The van der Waals surface area contributed by atoms with Gasteiger partial charge in [-0.3, -0.25) is 0 Å². The summed E-state index contributed by atoms with van der Waals surface area (Å²) < 4.78 is 252. The highest BCUT2D eigenvalue weighted by Crippen LogP contribution is 2.62. The summed E-state index contributed by atoms with van der Waals surface area (Å²) in [6.07, 6.45) is -22.4. The second-order valence-electron chi connectivity index (χ2n) is 8.15. The molecule has 0 aromatic rings. The zero-order chi connectivity index (χ0) is 31.3. The molecular formula is C17H19F17O4Si. The van der Waals surface area contributed by atoms with Gasteiger partial charge in [0.2, 0.25) is 12.3 Å². The van der Waals surface area contributed by atoms with Crippen molar-refractivity contribution < 1.29 is 92.7 Å². The molecular weight excluding hydrogens is 619 g/mol. The monoisotopic (exact) mass is 638 g/mol. The van der Waals surface area contributed by atoms with Crippen molar-refractivity contribution in [3.8, 4) is 0 Å². The average Bonchev–Trinajstić information content (AvgIpc) is 2.86. The van der Waals surface area contributed by atoms with E-state index in [1.807, 2.05) is 0 Å². The van der Waals surface area contributed by atoms with Crippen LogP contribution in [0.1, 0.15) is 12.8 Å². The Bertz CT molecular complexity index is 840. The largest absolute Gasteiger partial charge is 0.502 e. The molecule has 0 spiro atoms. The Kier molecular flexibility index (Phi) is 10.1. The van der Waals surface area contributed by atoms with Gasteiger partial charge in [0.25, 0.3) is 6.43 Å². The molecule has 0 amide bonds. The third-order valence-electron chi connectivity index (χ3n) is 5.90. The van der Waals surface area contributed by atoms with Crippen LogP contribution in [0, 0.1) is 0 Å². The number of rotatable bonds is 13. The van der Waals surface area contributed by atoms with E-state index in [2.05, 4.69) is 4.74 Å². The molecule has 0 N–H and O–H groups in total. The molecule has 0 saturated carbocycles. The van der Waals surface area contributed by atoms with Crippen molar-refractivity contribution in [3.05, 3.63) is 0 Å². The van der Waals surface area contributed by atoms with E-state index >= 15 is 0 Å². The predicted molar refractivity (Wildman–Crippen MR) is 95.0 cm³/mol. The van der Waals surface area contributed by atoms with Crippen LogP contribution in [0.5, 0.6) is 0 Å². The summed E-state index contributed by atoms with van der Waals surface area (Å²) in [5.74, 6) is -51.8. The molecule has 0 aromatic heterocycles. The lowest BCUT2D eigenvalue weighted by Crippen LogP contribution is -2.75. The number of alkyl halides is 17. The number of methoxy groups -OCH3 is 1. The molecule has 0 aromatic carbocycles. The summed E-state index contributed by atoms with van der Waals surface area (Å²) in [4.78, 5) is 0. The maximum Gasteiger partial charge on any atom is 0.502 e. The van der Waals surface area contributed by atoms with Crippen molar-refractivity contribution in [2.45, 2.75) is 85.1 Å². The van der Waals surface area contributed by atoms with Gasteiger partial charge in [-0.25, -0.2) is 22.0 Å². The number of hydrogen-bond donors (Lipinski definition) is 0. The Labute approximate surface area is 209 Å². The van der Waals surface area contributed by atoms with Gasteiger partial charge < -0.3 is 18.0 Å². The minimum atomic E-state index is -8.46. The number of ether oxygens (including phenoxy) is 1. The molecule has 1 fully saturated rings. The predicted octanol–water partition coefficient (Wildman–Crippen LogP) is 6.46. The maximum absolute atomic E-state index is 14.9. The van der Waals surface area contributed by atoms with E-state index in [-0.39, 0.29) is 13.2 Å². The second kappa shape index (κ2) is 10.9. The molecule has 1 rings (SSSR count). The summed E-state index contributed by atoms with van der Waals surface area (Å²) in [5.41, 5.74) is 0. The van der Waals surface area contributed by atoms with Crippen molar-refractivity contribution in [1.29, 1.82) is 0 Å². The lowest BCUT2D eigenvalue weighted by Gasteiger charge is -2.48. The lowest BCUT2D eigenvalue weighted by atomic mass is 9.86. The Morgan fingerprint density at radius 2 is 1.08 bits per heavy atom. The Hall–Kier alpha value is -1.13. The first-order valence-corrected chi connectivity index (χ1v) is 12.0. The van der Waals surface area contributed by atoms with Crippen LogP contribution in [0.4, 0.5) is 74.6 Å². The zero-order valence-electron chi connectivity index (χ0n) is 19.5. The summed E-state index contributed by atoms with van der Waals surface area (Å²) in [7, 11) is -2.44. The van der Waals surface area contributed by atoms with Crippen molar-refractivity contribution >= 4 is 8.80 Å². The molecule has 0 aliphatic carbocycles. The topological polar surface area (TPSA) is 36.9 Å². The van der Waals surface area contributed by atoms with E-state index < -0.39 is 87.9 Å². The Morgan fingerprint density at radius 1 is 0.667 bits per heavy atom. The van der Waals surface area contributed by atoms with Gasteiger partial charge in [0.05, 0.1) is 0 Å². The van der Waals surface area contributed by atoms with Crippen LogP contribution in [0.25, 0.3) is 0 Å². The van der Waals surface area contributed by atoms with Gasteiger partial charge in [0.1, 0.15) is 0 Å². The standard InChI is InChI=1S/C17H19F17O4Si/c1-35-11(5-4-6-39(36-2,37-3)38-11)10(22)13(25,26)15(29,30)17(33,34)16(31,32)14(27,28)12(23,24)8(19)7(18)9(20)21/h7-10H,4-6H2,1-3H3. The molecule has 1 aliphatic rings. The van der Waals surface area contributed by atoms with Gasteiger partial charge >= 0.3 is 44.3 Å². The van der Waals surface area contributed by atoms with Crippen molar-refractivity contribution in [2.24, 2.45) is 0 Å². The van der Waals surface area contributed by atoms with Gasteiger partial charge in [-0.1, -0.05) is 0 Å². The number of hydrogen-bond acceptors (Lipinski definition) is 4. The van der Waals surface area contributed by atoms with E-state index in [1.165, 1.54) is 0 Å². The first-order chi connectivity index (χ1) is 17.3. The highest BCUT2D eigenvalue weighted by atomic mass is 28.4. The summed E-state index contributed by atoms with van der Waals surface area (Å²) >= 11 is 0. The first kappa shape index (κ1) is 35.9. The highest BCUT2D eigenvalue weighted by Gasteiger charge is 2.92. The van der Waals surface area contributed by atoms with Crippen LogP contribution in [-0.2, 0) is 18.0 Å². The van der Waals surface area contributed by atoms with Crippen molar-refractivity contribution in [2.75, 3.05) is 21.3 Å². The van der Waals surface area contributed by atoms with Crippen LogP contribution in [-0.4, -0.2) is 96.4 Å². The van der Waals surface area contributed by atoms with Crippen LogP contribution in [0.15, 0.2) is 0 Å². The Morgan fingerprint density at radius 3 is 1.44 bits per heavy atom. The summed E-state index contributed by atoms with van der Waals surface area (Å²) in [6, 6.07) is -0.339. The molecule has 22 heteroatoms. The molecule has 4 nitrogen and oxygen atoms in total. The van der Waals surface area contributed by atoms with Gasteiger partial charge in [-0.15, -0.1) is 0 Å². The molecule has 1 aliphatic heterocycles. The Balaban J connectivity index is 3.64. The summed E-state index contributed by atoms with van der Waals surface area (Å²) in [6.45, 7) is 0. The maximum atomic E-state index is 14.9. The smallest absolute Gasteiger partial charge is 0.377 e. The van der Waals surface area contributed by atoms with Crippen molar-refractivity contribution in [1.82, 2.24) is 0 Å². The number of halogens is 17. The fourth-order valence-electron chi connectivity index (χ4n) is 3.46. The molecule has 0 bridgehead atoms. The lowest BCUT2D eigenvalue weighted by molar-refractivity contribution is -0.441.